The van der Waals surface area contributed by atoms with Crippen LogP contribution in [0.2, 0.25) is 0 Å². The molecule has 100 valence electrons. The van der Waals surface area contributed by atoms with Crippen molar-refractivity contribution in [2.24, 2.45) is 5.92 Å². The van der Waals surface area contributed by atoms with Crippen molar-refractivity contribution in [2.75, 3.05) is 24.6 Å². The van der Waals surface area contributed by atoms with Crippen molar-refractivity contribution in [1.29, 1.82) is 0 Å². The summed E-state index contributed by atoms with van der Waals surface area (Å²) in [6.45, 7) is 6.40. The first kappa shape index (κ1) is 13.1. The third-order valence-corrected chi connectivity index (χ3v) is 3.55. The van der Waals surface area contributed by atoms with Crippen LogP contribution in [0.3, 0.4) is 0 Å². The highest BCUT2D eigenvalue weighted by atomic mass is 16.5. The van der Waals surface area contributed by atoms with Gasteiger partial charge in [0.15, 0.2) is 0 Å². The molecule has 0 aliphatic carbocycles. The predicted octanol–water partition coefficient (Wildman–Crippen LogP) is 2.08. The lowest BCUT2D eigenvalue weighted by atomic mass is 9.92. The highest BCUT2D eigenvalue weighted by Gasteiger charge is 2.23. The van der Waals surface area contributed by atoms with Crippen molar-refractivity contribution in [1.82, 2.24) is 4.98 Å². The lowest BCUT2D eigenvalue weighted by molar-refractivity contribution is 0.109. The number of anilines is 1. The molecule has 2 heterocycles. The second-order valence-electron chi connectivity index (χ2n) is 4.83. The van der Waals surface area contributed by atoms with Gasteiger partial charge >= 0.3 is 0 Å². The Bertz CT molecular complexity index is 374. The number of rotatable bonds is 4. The zero-order chi connectivity index (χ0) is 13.0. The topological polar surface area (TPSA) is 45.6 Å². The fourth-order valence-electron chi connectivity index (χ4n) is 2.42. The van der Waals surface area contributed by atoms with E-state index in [1.54, 1.807) is 0 Å². The summed E-state index contributed by atoms with van der Waals surface area (Å²) >= 11 is 0. The first-order chi connectivity index (χ1) is 8.70. The van der Waals surface area contributed by atoms with E-state index in [4.69, 9.17) is 4.74 Å². The van der Waals surface area contributed by atoms with Crippen molar-refractivity contribution in [3.05, 3.63) is 18.2 Å². The summed E-state index contributed by atoms with van der Waals surface area (Å²) in [6, 6.07) is 5.88. The molecule has 1 saturated heterocycles. The average Bonchev–Trinajstić information content (AvgIpc) is 2.39. The maximum Gasteiger partial charge on any atom is 0.215 e. The molecule has 2 rings (SSSR count). The molecular formula is C14H22N2O2. The predicted molar refractivity (Wildman–Crippen MR) is 72.0 cm³/mol. The highest BCUT2D eigenvalue weighted by Crippen LogP contribution is 2.25. The van der Waals surface area contributed by atoms with Gasteiger partial charge in [-0.3, -0.25) is 0 Å². The minimum Gasteiger partial charge on any atom is -0.478 e. The van der Waals surface area contributed by atoms with Gasteiger partial charge in [-0.25, -0.2) is 0 Å². The summed E-state index contributed by atoms with van der Waals surface area (Å²) in [7, 11) is 0. The summed E-state index contributed by atoms with van der Waals surface area (Å²) < 4.78 is 5.42. The smallest absolute Gasteiger partial charge is 0.215 e. The lowest BCUT2D eigenvalue weighted by Gasteiger charge is -2.34. The van der Waals surface area contributed by atoms with Crippen molar-refractivity contribution < 1.29 is 9.84 Å². The number of hydrogen-bond donors (Lipinski definition) is 1. The molecule has 1 N–H and O–H groups in total. The summed E-state index contributed by atoms with van der Waals surface area (Å²) in [4.78, 5) is 6.76. The molecule has 1 aromatic rings. The maximum absolute atomic E-state index is 9.59. The Labute approximate surface area is 109 Å². The number of piperidine rings is 1. The Morgan fingerprint density at radius 1 is 1.44 bits per heavy atom. The first-order valence-electron chi connectivity index (χ1n) is 6.73. The van der Waals surface area contributed by atoms with E-state index in [1.807, 2.05) is 32.0 Å². The molecule has 1 fully saturated rings. The van der Waals surface area contributed by atoms with Gasteiger partial charge in [0.2, 0.25) is 5.88 Å². The van der Waals surface area contributed by atoms with Crippen LogP contribution < -0.4 is 9.64 Å². The van der Waals surface area contributed by atoms with Crippen LogP contribution in [-0.4, -0.2) is 35.9 Å². The number of ether oxygens (including phenoxy) is 1. The van der Waals surface area contributed by atoms with Crippen molar-refractivity contribution in [2.45, 2.75) is 32.8 Å². The Kier molecular flexibility index (Phi) is 4.42. The maximum atomic E-state index is 9.59. The zero-order valence-corrected chi connectivity index (χ0v) is 11.2. The second-order valence-corrected chi connectivity index (χ2v) is 4.83. The van der Waals surface area contributed by atoms with Gasteiger partial charge < -0.3 is 14.7 Å². The molecule has 0 saturated carbocycles. The van der Waals surface area contributed by atoms with Gasteiger partial charge in [0.25, 0.3) is 0 Å². The number of pyridine rings is 1. The normalized spacial score (nSPS) is 18.7. The third kappa shape index (κ3) is 3.13. The van der Waals surface area contributed by atoms with Gasteiger partial charge in [0.1, 0.15) is 5.82 Å². The minimum atomic E-state index is -0.199. The second kappa shape index (κ2) is 6.05. The Morgan fingerprint density at radius 2 is 2.17 bits per heavy atom. The van der Waals surface area contributed by atoms with Crippen LogP contribution in [0.5, 0.6) is 5.88 Å². The molecule has 4 heteroatoms. The molecule has 1 aliphatic heterocycles. The van der Waals surface area contributed by atoms with Gasteiger partial charge in [0, 0.05) is 19.2 Å². The van der Waals surface area contributed by atoms with E-state index in [0.717, 1.165) is 31.7 Å². The quantitative estimate of drug-likeness (QED) is 0.888. The van der Waals surface area contributed by atoms with Crippen LogP contribution in [0.4, 0.5) is 5.82 Å². The summed E-state index contributed by atoms with van der Waals surface area (Å²) in [6.07, 6.45) is 1.85. The number of aliphatic hydroxyl groups excluding tert-OH is 1. The van der Waals surface area contributed by atoms with Crippen LogP contribution in [0.1, 0.15) is 26.7 Å². The molecule has 0 bridgehead atoms. The fourth-order valence-corrected chi connectivity index (χ4v) is 2.42. The van der Waals surface area contributed by atoms with Gasteiger partial charge in [-0.2, -0.15) is 4.98 Å². The van der Waals surface area contributed by atoms with Crippen LogP contribution in [0.15, 0.2) is 18.2 Å². The first-order valence-corrected chi connectivity index (χ1v) is 6.73. The Hall–Kier alpha value is -1.29. The summed E-state index contributed by atoms with van der Waals surface area (Å²) in [5.74, 6) is 2.09. The molecule has 0 radical (unpaired) electrons. The van der Waals surface area contributed by atoms with E-state index in [2.05, 4.69) is 9.88 Å². The van der Waals surface area contributed by atoms with Crippen LogP contribution in [0.25, 0.3) is 0 Å². The lowest BCUT2D eigenvalue weighted by Crippen LogP contribution is -2.37. The standard InChI is InChI=1S/C14H22N2O2/c1-3-18-14-6-4-5-13(15-14)16-9-7-12(8-10-16)11(2)17/h4-6,11-12,17H,3,7-10H2,1-2H3. The largest absolute Gasteiger partial charge is 0.478 e. The van der Waals surface area contributed by atoms with Crippen LogP contribution in [-0.2, 0) is 0 Å². The molecule has 0 amide bonds. The van der Waals surface area contributed by atoms with E-state index in [0.29, 0.717) is 18.4 Å². The van der Waals surface area contributed by atoms with E-state index < -0.39 is 0 Å². The molecule has 4 nitrogen and oxygen atoms in total. The SMILES string of the molecule is CCOc1cccc(N2CCC(C(C)O)CC2)n1. The molecule has 1 aromatic heterocycles. The molecular weight excluding hydrogens is 228 g/mol. The van der Waals surface area contributed by atoms with Crippen molar-refractivity contribution in [3.8, 4) is 5.88 Å². The molecule has 0 spiro atoms. The molecule has 1 aliphatic rings. The molecule has 1 unspecified atom stereocenters. The Morgan fingerprint density at radius 3 is 2.78 bits per heavy atom. The van der Waals surface area contributed by atoms with Gasteiger partial charge in [0.05, 0.1) is 12.7 Å². The van der Waals surface area contributed by atoms with E-state index in [-0.39, 0.29) is 6.10 Å². The van der Waals surface area contributed by atoms with Crippen molar-refractivity contribution in [3.63, 3.8) is 0 Å². The summed E-state index contributed by atoms with van der Waals surface area (Å²) in [5.41, 5.74) is 0. The summed E-state index contributed by atoms with van der Waals surface area (Å²) in [5, 5.41) is 9.59. The highest BCUT2D eigenvalue weighted by molar-refractivity contribution is 5.41. The Balaban J connectivity index is 1.98. The number of aromatic nitrogens is 1. The van der Waals surface area contributed by atoms with Crippen LogP contribution >= 0.6 is 0 Å². The molecule has 0 aromatic carbocycles. The number of nitrogens with zero attached hydrogens (tertiary/aromatic N) is 2. The van der Waals surface area contributed by atoms with Crippen LogP contribution in [0, 0.1) is 5.92 Å². The molecule has 18 heavy (non-hydrogen) atoms. The minimum absolute atomic E-state index is 0.199. The third-order valence-electron chi connectivity index (χ3n) is 3.55. The fraction of sp³-hybridized carbons (Fsp3) is 0.643. The van der Waals surface area contributed by atoms with Gasteiger partial charge in [-0.1, -0.05) is 6.07 Å². The zero-order valence-electron chi connectivity index (χ0n) is 11.2. The van der Waals surface area contributed by atoms with E-state index >= 15 is 0 Å². The number of aliphatic hydroxyl groups is 1. The van der Waals surface area contributed by atoms with Gasteiger partial charge in [-0.15, -0.1) is 0 Å². The molecule has 1 atom stereocenters. The van der Waals surface area contributed by atoms with E-state index in [9.17, 15) is 5.11 Å². The number of hydrogen-bond acceptors (Lipinski definition) is 4. The van der Waals surface area contributed by atoms with Crippen molar-refractivity contribution >= 4 is 5.82 Å². The monoisotopic (exact) mass is 250 g/mol. The van der Waals surface area contributed by atoms with E-state index in [1.165, 1.54) is 0 Å². The average molecular weight is 250 g/mol. The van der Waals surface area contributed by atoms with Gasteiger partial charge in [-0.05, 0) is 38.7 Å².